The first kappa shape index (κ1) is 113. The number of phenolic OH excluding ortho intramolecular Hbond substituents is 1. The maximum absolute atomic E-state index is 14.5. The molecule has 1 N–H and O–H groups in total. The Kier molecular flexibility index (Phi) is 38.1. The zero-order valence-corrected chi connectivity index (χ0v) is 84.7. The summed E-state index contributed by atoms with van der Waals surface area (Å²) >= 11 is 0. The molecule has 1 aromatic heterocycles. The van der Waals surface area contributed by atoms with Crippen LogP contribution in [0.4, 0.5) is 10.7 Å². The number of rotatable bonds is 16. The number of aromatic hydroxyl groups is 1. The van der Waals surface area contributed by atoms with E-state index in [1.54, 1.807) is 6.92 Å². The van der Waals surface area contributed by atoms with Gasteiger partial charge < -0.3 is 43.2 Å². The van der Waals surface area contributed by atoms with E-state index >= 15 is 0 Å². The molecule has 712 valence electrons. The summed E-state index contributed by atoms with van der Waals surface area (Å²) in [6.07, 6.45) is 8.80. The van der Waals surface area contributed by atoms with Crippen LogP contribution in [0.2, 0.25) is 0 Å². The first-order valence-electron chi connectivity index (χ1n) is 44.8. The predicted octanol–water partition coefficient (Wildman–Crippen LogP) is 19.6. The Bertz CT molecular complexity index is 3520. The fourth-order valence-corrected chi connectivity index (χ4v) is 19.8. The molecular weight excluding hydrogens is 1550 g/mol. The molecule has 0 amide bonds. The number of nitrogens with zero attached hydrogens (tertiary/aromatic N) is 10. The number of aryl methyl sites for hydroxylation is 2. The number of hydrogen-bond donors (Lipinski definition) is 1. The highest BCUT2D eigenvalue weighted by atomic mass is 16.7. The number of hydrogen-bond acceptors (Lipinski definition) is 24. The molecule has 0 aliphatic carbocycles. The number of methoxy groups -OCH3 is 1. The molecule has 24 nitrogen and oxygen atoms in total. The van der Waals surface area contributed by atoms with Crippen molar-refractivity contribution >= 4 is 42.0 Å². The van der Waals surface area contributed by atoms with Gasteiger partial charge in [0.25, 0.3) is 0 Å². The summed E-state index contributed by atoms with van der Waals surface area (Å²) in [5.41, 5.74) is -0.977. The molecule has 2 aromatic rings. The summed E-state index contributed by atoms with van der Waals surface area (Å²) in [7, 11) is 18.0. The number of benzene rings is 1. The standard InChI is InChI=1S/C39H66N2O5.C23H42N2O4.C21H40N2O3.C7H12N4.C7H14O2.2CH4/c1-33(2,3)28-18-25(19-29(30(28)42)34(4,5)6)20-39(15,31(43)45-26-21-35(7,8)40(16)36(9,10)22-26)32(44)46-27-23-37(11,12)41(17)38(13,14)24-27;1-20(2)12-16(13-21(3,4)24(20)9)28-18(26)11-19(27)29-17-14-22(5,6)25(10)23(7,8)15-17;1-18(2)11-15(12-19(3,4)22(18)9)25-17(24)26-16-13-20(5,6)23(10)21(7,8)14-16;1-5-8-6(2)10-7(9-5)11(3)4;1-4-6(5-2)7(8)9-3;;/h18-19,26-27,42H,20-24H2,1-17H3;16-17H,11-15H2,1-10H3;15-16H,11-14H2,1-10H3;1-4H3;6H,4-5H2,1-3H3;2*1H4. The van der Waals surface area contributed by atoms with E-state index in [1.807, 2.05) is 58.8 Å². The van der Waals surface area contributed by atoms with Gasteiger partial charge in [0, 0.05) is 158 Å². The Morgan fingerprint density at radius 3 is 0.821 bits per heavy atom. The van der Waals surface area contributed by atoms with E-state index in [1.165, 1.54) is 7.11 Å². The number of carbonyl (C=O) groups excluding carboxylic acids is 6. The van der Waals surface area contributed by atoms with Crippen molar-refractivity contribution in [3.63, 3.8) is 0 Å². The number of phenols is 1. The van der Waals surface area contributed by atoms with Crippen molar-refractivity contribution < 1.29 is 67.0 Å². The minimum absolute atomic E-state index is 0. The molecule has 7 heterocycles. The van der Waals surface area contributed by atoms with E-state index < -0.39 is 35.4 Å². The average molecular weight is 1740 g/mol. The highest BCUT2D eigenvalue weighted by molar-refractivity contribution is 6.00. The van der Waals surface area contributed by atoms with E-state index in [-0.39, 0.29) is 159 Å². The third kappa shape index (κ3) is 29.9. The summed E-state index contributed by atoms with van der Waals surface area (Å²) in [6, 6.07) is 3.90. The molecule has 24 heteroatoms. The molecule has 8 rings (SSSR count). The highest BCUT2D eigenvalue weighted by Gasteiger charge is 2.54. The Labute approximate surface area is 749 Å². The number of ether oxygens (including phenoxy) is 7. The summed E-state index contributed by atoms with van der Waals surface area (Å²) in [4.78, 5) is 105. The Morgan fingerprint density at radius 1 is 0.407 bits per heavy atom. The molecule has 123 heavy (non-hydrogen) atoms. The Morgan fingerprint density at radius 2 is 0.626 bits per heavy atom. The number of likely N-dealkylation sites (tertiary alicyclic amines) is 6. The Hall–Kier alpha value is -5.79. The molecule has 0 saturated carbocycles. The molecule has 0 atom stereocenters. The SMILES string of the molecule is C.C.CCC(CC)C(=O)OC.CN1C(C)(C)CC(OC(=O)C(C)(Cc2cc(C(C)(C)C)c(O)c(C(C)(C)C)c2)C(=O)OC2CC(C)(C)N(C)C(C)(C)C2)CC1(C)C.CN1C(C)(C)CC(OC(=O)CC(=O)OC2CC(C)(C)N(C)C(C)(C)C2)CC1(C)C.CN1C(C)(C)CC(OC(=O)OC2CC(C)(C)N(C)C(C)(C)C2)CC1(C)C.Cc1nc(C)nc(N(C)C)n1. The minimum atomic E-state index is -1.59. The van der Waals surface area contributed by atoms with Crippen LogP contribution in [0.5, 0.6) is 5.75 Å². The van der Waals surface area contributed by atoms with E-state index in [0.29, 0.717) is 25.7 Å². The van der Waals surface area contributed by atoms with Gasteiger partial charge >= 0.3 is 36.0 Å². The van der Waals surface area contributed by atoms with Gasteiger partial charge in [0.1, 0.15) is 60.4 Å². The smallest absolute Gasteiger partial charge is 0.507 e. The molecular formula is C99H182N10O14. The quantitative estimate of drug-likeness (QED) is 0.0931. The van der Waals surface area contributed by atoms with Gasteiger partial charge in [0.2, 0.25) is 5.95 Å². The average Bonchev–Trinajstić information content (AvgIpc) is 1.36. The second-order valence-corrected chi connectivity index (χ2v) is 46.4. The fourth-order valence-electron chi connectivity index (χ4n) is 19.8. The number of carbonyl (C=O) groups is 6. The number of aromatic nitrogens is 3. The summed E-state index contributed by atoms with van der Waals surface area (Å²) in [5, 5.41) is 11.4. The van der Waals surface area contributed by atoms with E-state index in [9.17, 15) is 33.9 Å². The minimum Gasteiger partial charge on any atom is -0.507 e. The predicted molar refractivity (Wildman–Crippen MR) is 501 cm³/mol. The van der Waals surface area contributed by atoms with Crippen LogP contribution in [-0.2, 0) is 74.4 Å². The van der Waals surface area contributed by atoms with Gasteiger partial charge in [-0.1, -0.05) is 82.4 Å². The van der Waals surface area contributed by atoms with Crippen LogP contribution in [0.3, 0.4) is 0 Å². The number of esters is 5. The van der Waals surface area contributed by atoms with E-state index in [0.717, 1.165) is 98.5 Å². The van der Waals surface area contributed by atoms with Crippen molar-refractivity contribution in [3.05, 3.63) is 40.5 Å². The van der Waals surface area contributed by atoms with Gasteiger partial charge in [-0.25, -0.2) is 9.78 Å². The number of piperidine rings is 6. The van der Waals surface area contributed by atoms with Crippen molar-refractivity contribution in [2.24, 2.45) is 11.3 Å². The molecule has 0 bridgehead atoms. The van der Waals surface area contributed by atoms with Crippen LogP contribution in [0.25, 0.3) is 0 Å². The molecule has 1 aromatic carbocycles. The van der Waals surface area contributed by atoms with Crippen molar-refractivity contribution in [3.8, 4) is 5.75 Å². The van der Waals surface area contributed by atoms with Crippen molar-refractivity contribution in [2.45, 2.75) is 474 Å². The van der Waals surface area contributed by atoms with E-state index in [4.69, 9.17) is 28.4 Å². The molecule has 0 unspecified atom stereocenters. The lowest BCUT2D eigenvalue weighted by molar-refractivity contribution is -0.186. The molecule has 0 spiro atoms. The first-order chi connectivity index (χ1) is 54.3. The van der Waals surface area contributed by atoms with Gasteiger partial charge in [0.15, 0.2) is 5.41 Å². The van der Waals surface area contributed by atoms with Gasteiger partial charge in [-0.2, -0.15) is 9.97 Å². The monoisotopic (exact) mass is 1740 g/mol. The lowest BCUT2D eigenvalue weighted by Crippen LogP contribution is -2.61. The largest absolute Gasteiger partial charge is 0.508 e. The van der Waals surface area contributed by atoms with Crippen molar-refractivity contribution in [1.29, 1.82) is 0 Å². The maximum Gasteiger partial charge on any atom is 0.508 e. The lowest BCUT2D eigenvalue weighted by atomic mass is 9.75. The van der Waals surface area contributed by atoms with Gasteiger partial charge in [-0.05, 0) is 276 Å². The van der Waals surface area contributed by atoms with Crippen molar-refractivity contribution in [2.75, 3.05) is 68.4 Å². The topological polar surface area (TPSA) is 249 Å². The van der Waals surface area contributed by atoms with E-state index in [2.05, 4.69) is 299 Å². The van der Waals surface area contributed by atoms with Gasteiger partial charge in [0.05, 0.1) is 13.0 Å². The van der Waals surface area contributed by atoms with Crippen LogP contribution in [0.15, 0.2) is 12.1 Å². The second kappa shape index (κ2) is 41.3. The maximum atomic E-state index is 14.5. The first-order valence-corrected chi connectivity index (χ1v) is 44.8. The Balaban J connectivity index is 0.000000574. The lowest BCUT2D eigenvalue weighted by Gasteiger charge is -2.53. The zero-order chi connectivity index (χ0) is 93.9. The van der Waals surface area contributed by atoms with Crippen LogP contribution < -0.4 is 4.90 Å². The molecule has 6 aliphatic rings. The molecule has 6 fully saturated rings. The number of anilines is 1. The summed E-state index contributed by atoms with van der Waals surface area (Å²) < 4.78 is 40.2. The third-order valence-electron chi connectivity index (χ3n) is 28.6. The van der Waals surface area contributed by atoms with Crippen LogP contribution in [-0.4, -0.2) is 252 Å². The zero-order valence-electron chi connectivity index (χ0n) is 84.7. The second-order valence-electron chi connectivity index (χ2n) is 46.4. The summed E-state index contributed by atoms with van der Waals surface area (Å²) in [6.45, 7) is 74.1. The normalized spacial score (nSPS) is 22.8. The highest BCUT2D eigenvalue weighted by Crippen LogP contribution is 2.48. The van der Waals surface area contributed by atoms with Crippen LogP contribution in [0.1, 0.15) is 368 Å². The molecule has 6 saturated heterocycles. The van der Waals surface area contributed by atoms with Gasteiger partial charge in [-0.15, -0.1) is 0 Å². The molecule has 6 aliphatic heterocycles. The summed E-state index contributed by atoms with van der Waals surface area (Å²) in [5.74, 6) is 0.473. The van der Waals surface area contributed by atoms with Gasteiger partial charge in [-0.3, -0.25) is 53.4 Å². The molecule has 0 radical (unpaired) electrons. The fraction of sp³-hybridized carbons (Fsp3) is 0.848. The van der Waals surface area contributed by atoms with Crippen LogP contribution in [0, 0.1) is 25.2 Å². The van der Waals surface area contributed by atoms with Crippen molar-refractivity contribution in [1.82, 2.24) is 44.4 Å². The third-order valence-corrected chi connectivity index (χ3v) is 28.6. The van der Waals surface area contributed by atoms with Crippen LogP contribution >= 0.6 is 0 Å².